The second-order valence-corrected chi connectivity index (χ2v) is 7.87. The van der Waals surface area contributed by atoms with Crippen LogP contribution >= 0.6 is 11.8 Å². The van der Waals surface area contributed by atoms with E-state index in [-0.39, 0.29) is 16.9 Å². The van der Waals surface area contributed by atoms with E-state index >= 15 is 0 Å². The second-order valence-electron chi connectivity index (χ2n) is 6.57. The fraction of sp³-hybridized carbons (Fsp3) is 0.238. The molecule has 0 saturated heterocycles. The molecule has 1 heterocycles. The van der Waals surface area contributed by atoms with Crippen LogP contribution in [0.25, 0.3) is 11.4 Å². The minimum absolute atomic E-state index is 0.0404. The number of hydrogen-bond acceptors (Lipinski definition) is 5. The van der Waals surface area contributed by atoms with Gasteiger partial charge in [0.2, 0.25) is 5.91 Å². The summed E-state index contributed by atoms with van der Waals surface area (Å²) in [6, 6.07) is 14.9. The van der Waals surface area contributed by atoms with Crippen LogP contribution in [0.4, 0.5) is 5.69 Å². The van der Waals surface area contributed by atoms with Gasteiger partial charge in [-0.25, -0.2) is 0 Å². The molecular weight excluding hydrogens is 372 g/mol. The molecule has 0 bridgehead atoms. The van der Waals surface area contributed by atoms with Crippen LogP contribution in [-0.2, 0) is 11.8 Å². The van der Waals surface area contributed by atoms with Crippen molar-refractivity contribution < 1.29 is 9.59 Å². The van der Waals surface area contributed by atoms with E-state index in [1.54, 1.807) is 24.3 Å². The summed E-state index contributed by atoms with van der Waals surface area (Å²) < 4.78 is 1.90. The summed E-state index contributed by atoms with van der Waals surface area (Å²) >= 11 is 1.34. The van der Waals surface area contributed by atoms with Crippen molar-refractivity contribution in [2.75, 3.05) is 5.32 Å². The van der Waals surface area contributed by atoms with Crippen molar-refractivity contribution in [3.63, 3.8) is 0 Å². The number of aryl methyl sites for hydroxylation is 1. The smallest absolute Gasteiger partial charge is 0.237 e. The molecule has 1 atom stereocenters. The summed E-state index contributed by atoms with van der Waals surface area (Å²) in [4.78, 5) is 24.1. The number of anilines is 1. The van der Waals surface area contributed by atoms with E-state index in [0.29, 0.717) is 16.4 Å². The molecule has 0 saturated carbocycles. The molecule has 0 aliphatic carbocycles. The molecule has 0 radical (unpaired) electrons. The first-order valence-corrected chi connectivity index (χ1v) is 9.78. The number of amides is 1. The van der Waals surface area contributed by atoms with E-state index < -0.39 is 0 Å². The fourth-order valence-electron chi connectivity index (χ4n) is 2.75. The van der Waals surface area contributed by atoms with Crippen LogP contribution in [0, 0.1) is 6.92 Å². The minimum Gasteiger partial charge on any atom is -0.325 e. The normalized spacial score (nSPS) is 11.9. The number of thioether (sulfide) groups is 1. The summed E-state index contributed by atoms with van der Waals surface area (Å²) in [5, 5.41) is 11.7. The molecule has 6 nitrogen and oxygen atoms in total. The van der Waals surface area contributed by atoms with Gasteiger partial charge in [-0.2, -0.15) is 0 Å². The molecular formula is C21H22N4O2S. The molecule has 2 aromatic carbocycles. The Kier molecular flexibility index (Phi) is 5.94. The second kappa shape index (κ2) is 8.39. The van der Waals surface area contributed by atoms with Crippen molar-refractivity contribution in [3.8, 4) is 11.4 Å². The lowest BCUT2D eigenvalue weighted by atomic mass is 10.1. The van der Waals surface area contributed by atoms with Gasteiger partial charge in [0.1, 0.15) is 0 Å². The highest BCUT2D eigenvalue weighted by atomic mass is 32.2. The van der Waals surface area contributed by atoms with Gasteiger partial charge in [-0.05, 0) is 38.5 Å². The molecule has 144 valence electrons. The van der Waals surface area contributed by atoms with Crippen molar-refractivity contribution in [3.05, 3.63) is 59.7 Å². The molecule has 3 rings (SSSR count). The Morgan fingerprint density at radius 3 is 2.57 bits per heavy atom. The van der Waals surface area contributed by atoms with Crippen molar-refractivity contribution in [2.24, 2.45) is 7.05 Å². The number of aromatic nitrogens is 3. The quantitative estimate of drug-likeness (QED) is 0.503. The first kappa shape index (κ1) is 19.8. The average molecular weight is 395 g/mol. The molecule has 1 aromatic heterocycles. The Morgan fingerprint density at radius 1 is 1.11 bits per heavy atom. The molecule has 1 amide bonds. The molecule has 1 N–H and O–H groups in total. The SMILES string of the molecule is CC(=O)c1cccc(NC(=O)[C@H](C)Sc2nnc(-c3ccccc3C)n2C)c1. The van der Waals surface area contributed by atoms with Crippen molar-refractivity contribution in [1.29, 1.82) is 0 Å². The summed E-state index contributed by atoms with van der Waals surface area (Å²) in [6.45, 7) is 5.35. The van der Waals surface area contributed by atoms with Crippen LogP contribution in [0.3, 0.4) is 0 Å². The number of hydrogen-bond donors (Lipinski definition) is 1. The molecule has 28 heavy (non-hydrogen) atoms. The lowest BCUT2D eigenvalue weighted by Crippen LogP contribution is -2.23. The highest BCUT2D eigenvalue weighted by molar-refractivity contribution is 8.00. The molecule has 7 heteroatoms. The zero-order chi connectivity index (χ0) is 20.3. The lowest BCUT2D eigenvalue weighted by Gasteiger charge is -2.12. The van der Waals surface area contributed by atoms with E-state index in [1.807, 2.05) is 49.7 Å². The number of carbonyl (C=O) groups excluding carboxylic acids is 2. The maximum absolute atomic E-state index is 12.6. The van der Waals surface area contributed by atoms with Gasteiger partial charge < -0.3 is 9.88 Å². The number of rotatable bonds is 6. The standard InChI is InChI=1S/C21H22N4O2S/c1-13-8-5-6-11-18(13)19-23-24-21(25(19)4)28-15(3)20(27)22-17-10-7-9-16(12-17)14(2)26/h5-12,15H,1-4H3,(H,22,27)/t15-/m0/s1. The Morgan fingerprint density at radius 2 is 1.86 bits per heavy atom. The number of ketones is 1. The lowest BCUT2D eigenvalue weighted by molar-refractivity contribution is -0.115. The van der Waals surface area contributed by atoms with E-state index in [9.17, 15) is 9.59 Å². The van der Waals surface area contributed by atoms with E-state index in [2.05, 4.69) is 15.5 Å². The van der Waals surface area contributed by atoms with Crippen LogP contribution in [-0.4, -0.2) is 31.7 Å². The van der Waals surface area contributed by atoms with Gasteiger partial charge in [0.15, 0.2) is 16.8 Å². The van der Waals surface area contributed by atoms with E-state index in [4.69, 9.17) is 0 Å². The molecule has 0 aliphatic rings. The first-order valence-electron chi connectivity index (χ1n) is 8.90. The third kappa shape index (κ3) is 4.31. The van der Waals surface area contributed by atoms with Crippen LogP contribution in [0.15, 0.2) is 53.7 Å². The number of benzene rings is 2. The fourth-order valence-corrected chi connectivity index (χ4v) is 3.56. The number of nitrogens with zero attached hydrogens (tertiary/aromatic N) is 3. The monoisotopic (exact) mass is 394 g/mol. The molecule has 0 fully saturated rings. The van der Waals surface area contributed by atoms with Gasteiger partial charge in [-0.1, -0.05) is 48.2 Å². The summed E-state index contributed by atoms with van der Waals surface area (Å²) in [7, 11) is 1.89. The Hall–Kier alpha value is -2.93. The van der Waals surface area contributed by atoms with Gasteiger partial charge >= 0.3 is 0 Å². The van der Waals surface area contributed by atoms with Gasteiger partial charge in [-0.3, -0.25) is 9.59 Å². The molecule has 0 aliphatic heterocycles. The molecule has 3 aromatic rings. The Labute approximate surface area is 168 Å². The van der Waals surface area contributed by atoms with Crippen molar-refractivity contribution in [1.82, 2.24) is 14.8 Å². The largest absolute Gasteiger partial charge is 0.325 e. The van der Waals surface area contributed by atoms with E-state index in [0.717, 1.165) is 17.0 Å². The highest BCUT2D eigenvalue weighted by Gasteiger charge is 2.20. The van der Waals surface area contributed by atoms with Crippen LogP contribution in [0.1, 0.15) is 29.8 Å². The van der Waals surface area contributed by atoms with Crippen LogP contribution in [0.5, 0.6) is 0 Å². The predicted molar refractivity (Wildman–Crippen MR) is 112 cm³/mol. The predicted octanol–water partition coefficient (Wildman–Crippen LogP) is 4.11. The molecule has 0 unspecified atom stereocenters. The Balaban J connectivity index is 1.72. The molecule has 0 spiro atoms. The third-order valence-electron chi connectivity index (χ3n) is 4.41. The minimum atomic E-state index is -0.381. The first-order chi connectivity index (χ1) is 13.4. The number of carbonyl (C=O) groups is 2. The van der Waals surface area contributed by atoms with Crippen LogP contribution in [0.2, 0.25) is 0 Å². The number of nitrogens with one attached hydrogen (secondary N) is 1. The van der Waals surface area contributed by atoms with Gasteiger partial charge in [0.05, 0.1) is 5.25 Å². The average Bonchev–Trinajstić information content (AvgIpc) is 3.02. The van der Waals surface area contributed by atoms with Gasteiger partial charge in [0, 0.05) is 23.9 Å². The van der Waals surface area contributed by atoms with E-state index in [1.165, 1.54) is 18.7 Å². The maximum atomic E-state index is 12.6. The zero-order valence-electron chi connectivity index (χ0n) is 16.3. The topological polar surface area (TPSA) is 76.9 Å². The van der Waals surface area contributed by atoms with Crippen molar-refractivity contribution >= 4 is 29.1 Å². The van der Waals surface area contributed by atoms with Crippen LogP contribution < -0.4 is 5.32 Å². The summed E-state index contributed by atoms with van der Waals surface area (Å²) in [6.07, 6.45) is 0. The third-order valence-corrected chi connectivity index (χ3v) is 5.54. The summed E-state index contributed by atoms with van der Waals surface area (Å²) in [5.41, 5.74) is 3.30. The highest BCUT2D eigenvalue weighted by Crippen LogP contribution is 2.27. The zero-order valence-corrected chi connectivity index (χ0v) is 17.1. The Bertz CT molecular complexity index is 1030. The van der Waals surface area contributed by atoms with Gasteiger partial charge in [0.25, 0.3) is 0 Å². The van der Waals surface area contributed by atoms with Gasteiger partial charge in [-0.15, -0.1) is 10.2 Å². The number of Topliss-reactive ketones (excluding diaryl/α,β-unsaturated/α-hetero) is 1. The maximum Gasteiger partial charge on any atom is 0.237 e. The van der Waals surface area contributed by atoms with Crippen molar-refractivity contribution in [2.45, 2.75) is 31.2 Å². The summed E-state index contributed by atoms with van der Waals surface area (Å²) in [5.74, 6) is 0.565.